The summed E-state index contributed by atoms with van der Waals surface area (Å²) in [6, 6.07) is 7.78. The molecule has 0 saturated carbocycles. The second-order valence-corrected chi connectivity index (χ2v) is 6.28. The molecule has 1 aromatic rings. The van der Waals surface area contributed by atoms with Crippen LogP contribution in [-0.4, -0.2) is 25.8 Å². The third-order valence-electron chi connectivity index (χ3n) is 4.24. The third-order valence-corrected chi connectivity index (χ3v) is 4.24. The van der Waals surface area contributed by atoms with Crippen LogP contribution < -0.4 is 10.6 Å². The van der Waals surface area contributed by atoms with E-state index in [0.717, 1.165) is 25.1 Å². The average molecular weight is 335 g/mol. The van der Waals surface area contributed by atoms with Gasteiger partial charge in [0.15, 0.2) is 0 Å². The van der Waals surface area contributed by atoms with E-state index in [9.17, 15) is 4.79 Å². The van der Waals surface area contributed by atoms with Crippen LogP contribution in [0.25, 0.3) is 0 Å². The van der Waals surface area contributed by atoms with E-state index in [4.69, 9.17) is 4.74 Å². The largest absolute Gasteiger partial charge is 0.381 e. The van der Waals surface area contributed by atoms with Gasteiger partial charge in [-0.1, -0.05) is 52.2 Å². The maximum Gasteiger partial charge on any atom is 0.319 e. The Morgan fingerprint density at radius 1 is 1.21 bits per heavy atom. The van der Waals surface area contributed by atoms with Crippen molar-refractivity contribution < 1.29 is 9.53 Å². The highest BCUT2D eigenvalue weighted by molar-refractivity contribution is 5.89. The first-order valence-electron chi connectivity index (χ1n) is 9.41. The molecule has 0 aliphatic rings. The zero-order valence-electron chi connectivity index (χ0n) is 15.6. The maximum absolute atomic E-state index is 11.9. The van der Waals surface area contributed by atoms with Crippen LogP contribution >= 0.6 is 0 Å². The first kappa shape index (κ1) is 20.5. The molecule has 1 unspecified atom stereocenters. The number of hydrogen-bond acceptors (Lipinski definition) is 2. The van der Waals surface area contributed by atoms with Crippen molar-refractivity contribution in [3.8, 4) is 0 Å². The van der Waals surface area contributed by atoms with Gasteiger partial charge >= 0.3 is 6.03 Å². The summed E-state index contributed by atoms with van der Waals surface area (Å²) in [4.78, 5) is 11.9. The molecule has 0 radical (unpaired) electrons. The van der Waals surface area contributed by atoms with Crippen LogP contribution in [0.2, 0.25) is 0 Å². The highest BCUT2D eigenvalue weighted by Crippen LogP contribution is 2.13. The summed E-state index contributed by atoms with van der Waals surface area (Å²) < 4.78 is 5.74. The number of aryl methyl sites for hydroxylation is 1. The number of urea groups is 1. The lowest BCUT2D eigenvalue weighted by Crippen LogP contribution is -2.30. The standard InChI is InChI=1S/C20H34N2O2/c1-4-7-10-18(6-3)16-24-14-9-13-21-20(23)22-19-12-8-11-17(5-2)15-19/h8,11-12,15,18H,4-7,9-10,13-14,16H2,1-3H3,(H2,21,22,23). The number of hydrogen-bond donors (Lipinski definition) is 2. The number of anilines is 1. The van der Waals surface area contributed by atoms with E-state index in [0.29, 0.717) is 19.1 Å². The quantitative estimate of drug-likeness (QED) is 0.529. The van der Waals surface area contributed by atoms with Crippen molar-refractivity contribution in [2.75, 3.05) is 25.1 Å². The zero-order valence-corrected chi connectivity index (χ0v) is 15.6. The van der Waals surface area contributed by atoms with Gasteiger partial charge in [0.2, 0.25) is 0 Å². The number of carbonyl (C=O) groups excluding carboxylic acids is 1. The van der Waals surface area contributed by atoms with Crippen molar-refractivity contribution in [1.29, 1.82) is 0 Å². The summed E-state index contributed by atoms with van der Waals surface area (Å²) in [5.41, 5.74) is 2.06. The Kier molecular flexibility index (Phi) is 10.9. The third kappa shape index (κ3) is 8.92. The van der Waals surface area contributed by atoms with E-state index >= 15 is 0 Å². The summed E-state index contributed by atoms with van der Waals surface area (Å²) in [5, 5.41) is 5.74. The summed E-state index contributed by atoms with van der Waals surface area (Å²) in [5.74, 6) is 0.673. The van der Waals surface area contributed by atoms with Crippen LogP contribution in [0.15, 0.2) is 24.3 Å². The molecule has 1 rings (SSSR count). The fourth-order valence-electron chi connectivity index (χ4n) is 2.57. The summed E-state index contributed by atoms with van der Waals surface area (Å²) in [6.07, 6.45) is 6.76. The number of carbonyl (C=O) groups is 1. The van der Waals surface area contributed by atoms with Gasteiger partial charge in [-0.2, -0.15) is 0 Å². The molecule has 0 fully saturated rings. The number of unbranched alkanes of at least 4 members (excludes halogenated alkanes) is 1. The summed E-state index contributed by atoms with van der Waals surface area (Å²) in [7, 11) is 0. The van der Waals surface area contributed by atoms with Crippen molar-refractivity contribution in [3.63, 3.8) is 0 Å². The Bertz CT molecular complexity index is 463. The molecule has 2 amide bonds. The van der Waals surface area contributed by atoms with Crippen LogP contribution in [0.1, 0.15) is 58.4 Å². The van der Waals surface area contributed by atoms with E-state index in [2.05, 4.69) is 37.5 Å². The monoisotopic (exact) mass is 334 g/mol. The molecule has 0 bridgehead atoms. The smallest absolute Gasteiger partial charge is 0.319 e. The van der Waals surface area contributed by atoms with Crippen molar-refractivity contribution in [3.05, 3.63) is 29.8 Å². The topological polar surface area (TPSA) is 50.4 Å². The summed E-state index contributed by atoms with van der Waals surface area (Å²) >= 11 is 0. The minimum Gasteiger partial charge on any atom is -0.381 e. The Labute approximate surface area is 147 Å². The van der Waals surface area contributed by atoms with Crippen LogP contribution in [0.4, 0.5) is 10.5 Å². The molecule has 0 heterocycles. The molecule has 1 atom stereocenters. The molecule has 0 aliphatic heterocycles. The SMILES string of the molecule is CCCCC(CC)COCCCNC(=O)Nc1cccc(CC)c1. The second-order valence-electron chi connectivity index (χ2n) is 6.28. The van der Waals surface area contributed by atoms with E-state index in [-0.39, 0.29) is 6.03 Å². The predicted octanol–water partition coefficient (Wildman–Crippen LogP) is 4.99. The molecule has 4 heteroatoms. The molecule has 4 nitrogen and oxygen atoms in total. The first-order valence-corrected chi connectivity index (χ1v) is 9.41. The van der Waals surface area contributed by atoms with E-state index in [1.54, 1.807) is 0 Å². The zero-order chi connectivity index (χ0) is 17.6. The van der Waals surface area contributed by atoms with Gasteiger partial charge in [0.1, 0.15) is 0 Å². The maximum atomic E-state index is 11.9. The van der Waals surface area contributed by atoms with E-state index in [1.165, 1.54) is 31.2 Å². The fraction of sp³-hybridized carbons (Fsp3) is 0.650. The number of rotatable bonds is 12. The molecule has 1 aromatic carbocycles. The van der Waals surface area contributed by atoms with Crippen LogP contribution in [0.3, 0.4) is 0 Å². The first-order chi connectivity index (χ1) is 11.7. The lowest BCUT2D eigenvalue weighted by molar-refractivity contribution is 0.0925. The Balaban J connectivity index is 2.10. The van der Waals surface area contributed by atoms with Gasteiger partial charge in [0.05, 0.1) is 0 Å². The predicted molar refractivity (Wildman–Crippen MR) is 102 cm³/mol. The number of nitrogens with one attached hydrogen (secondary N) is 2. The minimum absolute atomic E-state index is 0.155. The van der Waals surface area contributed by atoms with Crippen LogP contribution in [0.5, 0.6) is 0 Å². The average Bonchev–Trinajstić information content (AvgIpc) is 2.60. The molecule has 0 aliphatic carbocycles. The van der Waals surface area contributed by atoms with Gasteiger partial charge in [0, 0.05) is 25.4 Å². The number of ether oxygens (including phenoxy) is 1. The molecule has 0 aromatic heterocycles. The van der Waals surface area contributed by atoms with Crippen molar-refractivity contribution >= 4 is 11.7 Å². The van der Waals surface area contributed by atoms with Crippen molar-refractivity contribution in [2.45, 2.75) is 59.3 Å². The van der Waals surface area contributed by atoms with Gasteiger partial charge in [-0.25, -0.2) is 4.79 Å². The van der Waals surface area contributed by atoms with E-state index in [1.807, 2.05) is 18.2 Å². The van der Waals surface area contributed by atoms with Crippen LogP contribution in [0, 0.1) is 5.92 Å². The Morgan fingerprint density at radius 3 is 2.75 bits per heavy atom. The Morgan fingerprint density at radius 2 is 2.04 bits per heavy atom. The van der Waals surface area contributed by atoms with Crippen LogP contribution in [-0.2, 0) is 11.2 Å². The van der Waals surface area contributed by atoms with Gasteiger partial charge < -0.3 is 15.4 Å². The lowest BCUT2D eigenvalue weighted by Gasteiger charge is -2.14. The number of benzene rings is 1. The molecular weight excluding hydrogens is 300 g/mol. The van der Waals surface area contributed by atoms with Gasteiger partial charge in [0.25, 0.3) is 0 Å². The highest BCUT2D eigenvalue weighted by atomic mass is 16.5. The molecule has 2 N–H and O–H groups in total. The summed E-state index contributed by atoms with van der Waals surface area (Å²) in [6.45, 7) is 8.72. The molecule has 24 heavy (non-hydrogen) atoms. The lowest BCUT2D eigenvalue weighted by atomic mass is 10.0. The highest BCUT2D eigenvalue weighted by Gasteiger charge is 2.06. The Hall–Kier alpha value is -1.55. The van der Waals surface area contributed by atoms with Gasteiger partial charge in [-0.15, -0.1) is 0 Å². The second kappa shape index (κ2) is 12.8. The molecule has 0 saturated heterocycles. The van der Waals surface area contributed by atoms with Gasteiger partial charge in [-0.3, -0.25) is 0 Å². The molecular formula is C20H34N2O2. The van der Waals surface area contributed by atoms with Crippen molar-refractivity contribution in [1.82, 2.24) is 5.32 Å². The van der Waals surface area contributed by atoms with E-state index < -0.39 is 0 Å². The molecule has 0 spiro atoms. The fourth-order valence-corrected chi connectivity index (χ4v) is 2.57. The van der Waals surface area contributed by atoms with Crippen molar-refractivity contribution in [2.24, 2.45) is 5.92 Å². The number of amides is 2. The molecule has 136 valence electrons. The van der Waals surface area contributed by atoms with Gasteiger partial charge in [-0.05, 0) is 42.9 Å². The normalized spacial score (nSPS) is 12.0. The minimum atomic E-state index is -0.155.